The van der Waals surface area contributed by atoms with Crippen molar-refractivity contribution in [1.29, 1.82) is 0 Å². The number of aromatic nitrogens is 2. The van der Waals surface area contributed by atoms with Gasteiger partial charge in [0, 0.05) is 30.1 Å². The SMILES string of the molecule is CC(=O)C(=O)c1ccc(CCNc2ncnc3ccc(N)cc23)cc1. The third kappa shape index (κ3) is 3.80. The summed E-state index contributed by atoms with van der Waals surface area (Å²) in [5.41, 5.74) is 8.81. The average Bonchev–Trinajstić information content (AvgIpc) is 2.62. The van der Waals surface area contributed by atoms with E-state index in [0.717, 1.165) is 28.7 Å². The summed E-state index contributed by atoms with van der Waals surface area (Å²) in [5, 5.41) is 4.17. The molecule has 6 nitrogen and oxygen atoms in total. The zero-order valence-corrected chi connectivity index (χ0v) is 13.8. The minimum atomic E-state index is -0.463. The number of fused-ring (bicyclic) bond motifs is 1. The van der Waals surface area contributed by atoms with Gasteiger partial charge in [-0.3, -0.25) is 9.59 Å². The molecule has 1 aromatic heterocycles. The second-order valence-electron chi connectivity index (χ2n) is 5.76. The summed E-state index contributed by atoms with van der Waals surface area (Å²) in [4.78, 5) is 31.2. The van der Waals surface area contributed by atoms with Crippen LogP contribution in [-0.2, 0) is 11.2 Å². The van der Waals surface area contributed by atoms with Crippen LogP contribution < -0.4 is 11.1 Å². The number of ketones is 2. The van der Waals surface area contributed by atoms with E-state index in [0.29, 0.717) is 17.8 Å². The number of nitrogen functional groups attached to an aromatic ring is 1. The van der Waals surface area contributed by atoms with Crippen LogP contribution in [0, 0.1) is 0 Å². The van der Waals surface area contributed by atoms with Gasteiger partial charge in [0.1, 0.15) is 12.1 Å². The third-order valence-corrected chi connectivity index (χ3v) is 3.90. The van der Waals surface area contributed by atoms with E-state index < -0.39 is 11.6 Å². The second-order valence-corrected chi connectivity index (χ2v) is 5.76. The highest BCUT2D eigenvalue weighted by Gasteiger charge is 2.10. The number of carbonyl (C=O) groups is 2. The number of nitrogens with zero attached hydrogens (tertiary/aromatic N) is 2. The maximum absolute atomic E-state index is 11.6. The monoisotopic (exact) mass is 334 g/mol. The molecular formula is C19H18N4O2. The molecule has 3 rings (SSSR count). The molecule has 0 radical (unpaired) electrons. The molecule has 0 amide bonds. The molecule has 6 heteroatoms. The highest BCUT2D eigenvalue weighted by molar-refractivity contribution is 6.42. The molecule has 0 aliphatic rings. The van der Waals surface area contributed by atoms with Gasteiger partial charge in [-0.05, 0) is 30.2 Å². The largest absolute Gasteiger partial charge is 0.399 e. The summed E-state index contributed by atoms with van der Waals surface area (Å²) in [5.74, 6) is -0.181. The number of carbonyl (C=O) groups excluding carboxylic acids is 2. The highest BCUT2D eigenvalue weighted by Crippen LogP contribution is 2.21. The molecule has 2 aromatic carbocycles. The molecule has 25 heavy (non-hydrogen) atoms. The Morgan fingerprint density at radius 2 is 1.84 bits per heavy atom. The Bertz CT molecular complexity index is 936. The van der Waals surface area contributed by atoms with Crippen molar-refractivity contribution in [3.05, 3.63) is 59.9 Å². The molecule has 0 spiro atoms. The summed E-state index contributed by atoms with van der Waals surface area (Å²) in [6, 6.07) is 12.6. The molecule has 126 valence electrons. The fraction of sp³-hybridized carbons (Fsp3) is 0.158. The van der Waals surface area contributed by atoms with Crippen molar-refractivity contribution in [1.82, 2.24) is 9.97 Å². The van der Waals surface area contributed by atoms with Crippen LogP contribution in [0.5, 0.6) is 0 Å². The first-order valence-electron chi connectivity index (χ1n) is 7.93. The first-order valence-corrected chi connectivity index (χ1v) is 7.93. The van der Waals surface area contributed by atoms with Gasteiger partial charge in [-0.1, -0.05) is 24.3 Å². The summed E-state index contributed by atoms with van der Waals surface area (Å²) in [7, 11) is 0. The molecule has 0 unspecified atom stereocenters. The van der Waals surface area contributed by atoms with Crippen molar-refractivity contribution < 1.29 is 9.59 Å². The third-order valence-electron chi connectivity index (χ3n) is 3.90. The van der Waals surface area contributed by atoms with Crippen molar-refractivity contribution in [2.45, 2.75) is 13.3 Å². The molecule has 0 bridgehead atoms. The molecule has 0 aliphatic heterocycles. The van der Waals surface area contributed by atoms with Crippen molar-refractivity contribution in [3.63, 3.8) is 0 Å². The summed E-state index contributed by atoms with van der Waals surface area (Å²) in [6.07, 6.45) is 2.27. The number of anilines is 2. The van der Waals surface area contributed by atoms with E-state index in [4.69, 9.17) is 5.73 Å². The van der Waals surface area contributed by atoms with E-state index >= 15 is 0 Å². The van der Waals surface area contributed by atoms with Gasteiger partial charge < -0.3 is 11.1 Å². The van der Waals surface area contributed by atoms with E-state index in [1.54, 1.807) is 12.1 Å². The first-order chi connectivity index (χ1) is 12.0. The number of hydrogen-bond acceptors (Lipinski definition) is 6. The van der Waals surface area contributed by atoms with E-state index in [1.807, 2.05) is 30.3 Å². The zero-order valence-electron chi connectivity index (χ0n) is 13.8. The lowest BCUT2D eigenvalue weighted by molar-refractivity contribution is -0.113. The van der Waals surface area contributed by atoms with Crippen LogP contribution >= 0.6 is 0 Å². The number of rotatable bonds is 6. The fourth-order valence-corrected chi connectivity index (χ4v) is 2.57. The van der Waals surface area contributed by atoms with Crippen molar-refractivity contribution in [2.75, 3.05) is 17.6 Å². The van der Waals surface area contributed by atoms with Crippen LogP contribution in [0.15, 0.2) is 48.8 Å². The van der Waals surface area contributed by atoms with Crippen molar-refractivity contribution in [3.8, 4) is 0 Å². The van der Waals surface area contributed by atoms with Crippen molar-refractivity contribution in [2.24, 2.45) is 0 Å². The Hall–Kier alpha value is -3.28. The van der Waals surface area contributed by atoms with Gasteiger partial charge in [0.15, 0.2) is 5.78 Å². The molecule has 0 saturated heterocycles. The molecule has 3 N–H and O–H groups in total. The Morgan fingerprint density at radius 1 is 1.08 bits per heavy atom. The summed E-state index contributed by atoms with van der Waals surface area (Å²) < 4.78 is 0. The zero-order chi connectivity index (χ0) is 17.8. The first kappa shape index (κ1) is 16.6. The molecule has 0 atom stereocenters. The lowest BCUT2D eigenvalue weighted by atomic mass is 10.0. The second kappa shape index (κ2) is 7.09. The average molecular weight is 334 g/mol. The summed E-state index contributed by atoms with van der Waals surface area (Å²) >= 11 is 0. The predicted octanol–water partition coefficient (Wildman–Crippen LogP) is 2.64. The molecule has 3 aromatic rings. The van der Waals surface area contributed by atoms with Gasteiger partial charge in [0.2, 0.25) is 5.78 Å². The maximum atomic E-state index is 11.6. The fourth-order valence-electron chi connectivity index (χ4n) is 2.57. The highest BCUT2D eigenvalue weighted by atomic mass is 16.2. The maximum Gasteiger partial charge on any atom is 0.228 e. The number of nitrogens with one attached hydrogen (secondary N) is 1. The molecule has 0 fully saturated rings. The van der Waals surface area contributed by atoms with Gasteiger partial charge in [-0.15, -0.1) is 0 Å². The smallest absolute Gasteiger partial charge is 0.228 e. The molecule has 1 heterocycles. The minimum absolute atomic E-state index is 0.418. The van der Waals surface area contributed by atoms with Gasteiger partial charge >= 0.3 is 0 Å². The standard InChI is InChI=1S/C19H18N4O2/c1-12(24)18(25)14-4-2-13(3-5-14)8-9-21-19-16-10-15(20)6-7-17(16)22-11-23-19/h2-7,10-11H,8-9,20H2,1H3,(H,21,22,23). The van der Waals surface area contributed by atoms with Crippen LogP contribution in [-0.4, -0.2) is 28.1 Å². The van der Waals surface area contributed by atoms with E-state index in [2.05, 4.69) is 15.3 Å². The van der Waals surface area contributed by atoms with Crippen LogP contribution in [0.25, 0.3) is 10.9 Å². The van der Waals surface area contributed by atoms with Gasteiger partial charge in [0.05, 0.1) is 5.52 Å². The Morgan fingerprint density at radius 3 is 2.56 bits per heavy atom. The van der Waals surface area contributed by atoms with Crippen LogP contribution in [0.4, 0.5) is 11.5 Å². The van der Waals surface area contributed by atoms with E-state index in [9.17, 15) is 9.59 Å². The number of hydrogen-bond donors (Lipinski definition) is 2. The Balaban J connectivity index is 1.66. The number of Topliss-reactive ketones (excluding diaryl/α,β-unsaturated/α-hetero) is 2. The lowest BCUT2D eigenvalue weighted by Crippen LogP contribution is -2.10. The van der Waals surface area contributed by atoms with Crippen LogP contribution in [0.1, 0.15) is 22.8 Å². The number of nitrogens with two attached hydrogens (primary N) is 1. The van der Waals surface area contributed by atoms with Crippen molar-refractivity contribution >= 4 is 34.0 Å². The van der Waals surface area contributed by atoms with Crippen LogP contribution in [0.3, 0.4) is 0 Å². The topological polar surface area (TPSA) is 98.0 Å². The lowest BCUT2D eigenvalue weighted by Gasteiger charge is -2.09. The molecular weight excluding hydrogens is 316 g/mol. The molecule has 0 saturated carbocycles. The Kier molecular flexibility index (Phi) is 4.70. The predicted molar refractivity (Wildman–Crippen MR) is 97.6 cm³/mol. The summed E-state index contributed by atoms with van der Waals surface area (Å²) in [6.45, 7) is 1.94. The van der Waals surface area contributed by atoms with E-state index in [1.165, 1.54) is 13.3 Å². The van der Waals surface area contributed by atoms with Crippen LogP contribution in [0.2, 0.25) is 0 Å². The molecule has 0 aliphatic carbocycles. The van der Waals surface area contributed by atoms with Gasteiger partial charge in [-0.2, -0.15) is 0 Å². The van der Waals surface area contributed by atoms with Gasteiger partial charge in [0.25, 0.3) is 0 Å². The number of benzene rings is 2. The van der Waals surface area contributed by atoms with E-state index in [-0.39, 0.29) is 0 Å². The Labute approximate surface area is 145 Å². The normalized spacial score (nSPS) is 10.6. The minimum Gasteiger partial charge on any atom is -0.399 e. The quantitative estimate of drug-likeness (QED) is 0.408. The van der Waals surface area contributed by atoms with Gasteiger partial charge in [-0.25, -0.2) is 9.97 Å².